The number of fused-ring (bicyclic) bond motifs is 2. The van der Waals surface area contributed by atoms with Gasteiger partial charge in [0.2, 0.25) is 5.43 Å². The SMILES string of the molecule is CC(C)Oc1c(-c2ccc3c(c2)[C@H](N2Cc4ccccc4C2=O)[C@@H](O)C(C)(C)O3)c(=O)c1=O. The summed E-state index contributed by atoms with van der Waals surface area (Å²) >= 11 is 0. The number of aliphatic hydroxyl groups is 1. The molecule has 7 nitrogen and oxygen atoms in total. The quantitative estimate of drug-likeness (QED) is 0.618. The summed E-state index contributed by atoms with van der Waals surface area (Å²) in [5, 5.41) is 11.3. The third-order valence-electron chi connectivity index (χ3n) is 6.41. The maximum Gasteiger partial charge on any atom is 0.268 e. The van der Waals surface area contributed by atoms with E-state index >= 15 is 0 Å². The van der Waals surface area contributed by atoms with Gasteiger partial charge in [0, 0.05) is 17.7 Å². The van der Waals surface area contributed by atoms with E-state index in [0.29, 0.717) is 29.0 Å². The Kier molecular flexibility index (Phi) is 4.72. The molecule has 3 aromatic carbocycles. The molecule has 0 unspecified atom stereocenters. The highest BCUT2D eigenvalue weighted by atomic mass is 16.5. The fourth-order valence-corrected chi connectivity index (χ4v) is 4.74. The van der Waals surface area contributed by atoms with E-state index in [1.807, 2.05) is 18.2 Å². The van der Waals surface area contributed by atoms with E-state index in [9.17, 15) is 19.5 Å². The summed E-state index contributed by atoms with van der Waals surface area (Å²) in [6.45, 7) is 7.48. The van der Waals surface area contributed by atoms with Crippen LogP contribution in [0.5, 0.6) is 11.5 Å². The lowest BCUT2D eigenvalue weighted by atomic mass is 9.84. The molecule has 0 radical (unpaired) electrons. The van der Waals surface area contributed by atoms with Crippen molar-refractivity contribution in [2.24, 2.45) is 0 Å². The van der Waals surface area contributed by atoms with Gasteiger partial charge in [-0.3, -0.25) is 14.4 Å². The molecule has 170 valence electrons. The number of hydrogen-bond donors (Lipinski definition) is 1. The zero-order valence-electron chi connectivity index (χ0n) is 18.9. The van der Waals surface area contributed by atoms with Crippen LogP contribution in [0.2, 0.25) is 0 Å². The van der Waals surface area contributed by atoms with Crippen molar-refractivity contribution in [1.82, 2.24) is 4.90 Å². The van der Waals surface area contributed by atoms with Crippen LogP contribution < -0.4 is 20.3 Å². The molecule has 0 spiro atoms. The van der Waals surface area contributed by atoms with Crippen LogP contribution in [0.4, 0.5) is 0 Å². The molecule has 0 saturated heterocycles. The van der Waals surface area contributed by atoms with E-state index in [2.05, 4.69) is 0 Å². The number of aliphatic hydroxyl groups excluding tert-OH is 1. The summed E-state index contributed by atoms with van der Waals surface area (Å²) < 4.78 is 11.7. The molecule has 1 amide bonds. The highest BCUT2D eigenvalue weighted by Crippen LogP contribution is 2.46. The van der Waals surface area contributed by atoms with Crippen LogP contribution in [0, 0.1) is 0 Å². The molecule has 2 atom stereocenters. The highest BCUT2D eigenvalue weighted by molar-refractivity contribution is 5.98. The second-order valence-corrected chi connectivity index (χ2v) is 9.47. The molecular formula is C26H25NO6. The molecule has 0 aromatic heterocycles. The fourth-order valence-electron chi connectivity index (χ4n) is 4.74. The molecule has 7 heteroatoms. The topological polar surface area (TPSA) is 93.1 Å². The van der Waals surface area contributed by atoms with E-state index in [-0.39, 0.29) is 23.3 Å². The van der Waals surface area contributed by atoms with E-state index in [1.165, 1.54) is 0 Å². The normalized spacial score (nSPS) is 21.2. The predicted octanol–water partition coefficient (Wildman–Crippen LogP) is 2.97. The van der Waals surface area contributed by atoms with Crippen LogP contribution in [0.25, 0.3) is 11.1 Å². The van der Waals surface area contributed by atoms with Gasteiger partial charge in [-0.05, 0) is 57.0 Å². The summed E-state index contributed by atoms with van der Waals surface area (Å²) in [6, 6.07) is 11.8. The van der Waals surface area contributed by atoms with Crippen LogP contribution in [0.15, 0.2) is 52.1 Å². The maximum atomic E-state index is 13.3. The Balaban J connectivity index is 1.63. The van der Waals surface area contributed by atoms with Crippen molar-refractivity contribution in [3.8, 4) is 22.6 Å². The first-order valence-corrected chi connectivity index (χ1v) is 11.0. The van der Waals surface area contributed by atoms with Gasteiger partial charge in [-0.1, -0.05) is 24.3 Å². The smallest absolute Gasteiger partial charge is 0.268 e. The summed E-state index contributed by atoms with van der Waals surface area (Å²) in [7, 11) is 0. The Morgan fingerprint density at radius 1 is 1.09 bits per heavy atom. The molecular weight excluding hydrogens is 422 g/mol. The van der Waals surface area contributed by atoms with Gasteiger partial charge in [0.15, 0.2) is 5.75 Å². The summed E-state index contributed by atoms with van der Waals surface area (Å²) in [5.74, 6) is 0.406. The Morgan fingerprint density at radius 2 is 1.82 bits per heavy atom. The van der Waals surface area contributed by atoms with Crippen molar-refractivity contribution in [2.75, 3.05) is 0 Å². The third kappa shape index (κ3) is 3.18. The van der Waals surface area contributed by atoms with Gasteiger partial charge < -0.3 is 19.5 Å². The molecule has 0 fully saturated rings. The number of nitrogens with zero attached hydrogens (tertiary/aromatic N) is 1. The largest absolute Gasteiger partial charge is 0.486 e. The minimum Gasteiger partial charge on any atom is -0.486 e. The first-order valence-electron chi connectivity index (χ1n) is 11.0. The van der Waals surface area contributed by atoms with Crippen molar-refractivity contribution in [2.45, 2.75) is 58.1 Å². The van der Waals surface area contributed by atoms with E-state index in [0.717, 1.165) is 5.56 Å². The standard InChI is InChI=1S/C26H25NO6/c1-13(2)32-23-19(21(28)22(23)29)14-9-10-18-17(11-14)20(24(30)26(3,4)33-18)27-12-15-7-5-6-8-16(15)25(27)31/h5-11,13,20,24,30H,12H2,1-4H3/t20-,24+/m0/s1. The lowest BCUT2D eigenvalue weighted by Gasteiger charge is -2.45. The van der Waals surface area contributed by atoms with Gasteiger partial charge in [-0.15, -0.1) is 0 Å². The molecule has 2 aliphatic rings. The average Bonchev–Trinajstić information content (AvgIpc) is 3.10. The van der Waals surface area contributed by atoms with Gasteiger partial charge >= 0.3 is 0 Å². The Hall–Kier alpha value is -3.45. The molecule has 3 aromatic rings. The average molecular weight is 447 g/mol. The van der Waals surface area contributed by atoms with Gasteiger partial charge in [-0.2, -0.15) is 0 Å². The molecule has 0 bridgehead atoms. The summed E-state index contributed by atoms with van der Waals surface area (Å²) in [6.07, 6.45) is -1.28. The Morgan fingerprint density at radius 3 is 2.52 bits per heavy atom. The van der Waals surface area contributed by atoms with Crippen LogP contribution >= 0.6 is 0 Å². The second kappa shape index (κ2) is 7.28. The number of ether oxygens (including phenoxy) is 2. The molecule has 33 heavy (non-hydrogen) atoms. The van der Waals surface area contributed by atoms with Gasteiger partial charge in [0.25, 0.3) is 11.3 Å². The molecule has 0 saturated carbocycles. The van der Waals surface area contributed by atoms with Crippen molar-refractivity contribution >= 4 is 5.91 Å². The maximum absolute atomic E-state index is 13.3. The molecule has 2 aliphatic heterocycles. The second-order valence-electron chi connectivity index (χ2n) is 9.47. The van der Waals surface area contributed by atoms with E-state index < -0.39 is 28.6 Å². The molecule has 5 rings (SSSR count). The number of benzene rings is 2. The first kappa shape index (κ1) is 21.4. The highest BCUT2D eigenvalue weighted by Gasteiger charge is 2.48. The minimum atomic E-state index is -1.02. The van der Waals surface area contributed by atoms with Crippen LogP contribution in [0.1, 0.15) is 55.2 Å². The van der Waals surface area contributed by atoms with Crippen LogP contribution in [-0.2, 0) is 6.54 Å². The van der Waals surface area contributed by atoms with Crippen molar-refractivity contribution < 1.29 is 19.4 Å². The van der Waals surface area contributed by atoms with Crippen LogP contribution in [-0.4, -0.2) is 33.7 Å². The third-order valence-corrected chi connectivity index (χ3v) is 6.41. The minimum absolute atomic E-state index is 0.0498. The number of amides is 1. The Labute approximate surface area is 190 Å². The summed E-state index contributed by atoms with van der Waals surface area (Å²) in [5.41, 5.74) is 0.615. The zero-order valence-corrected chi connectivity index (χ0v) is 18.9. The van der Waals surface area contributed by atoms with Gasteiger partial charge in [-0.25, -0.2) is 0 Å². The van der Waals surface area contributed by atoms with E-state index in [1.54, 1.807) is 56.9 Å². The monoisotopic (exact) mass is 447 g/mol. The first-order chi connectivity index (χ1) is 15.6. The van der Waals surface area contributed by atoms with Crippen molar-refractivity contribution in [3.05, 3.63) is 79.6 Å². The zero-order chi connectivity index (χ0) is 23.7. The van der Waals surface area contributed by atoms with Crippen LogP contribution in [0.3, 0.4) is 0 Å². The fraction of sp³-hybridized carbons (Fsp3) is 0.346. The molecule has 1 N–H and O–H groups in total. The lowest BCUT2D eigenvalue weighted by Crippen LogP contribution is -2.53. The van der Waals surface area contributed by atoms with Crippen molar-refractivity contribution in [3.63, 3.8) is 0 Å². The molecule has 0 aliphatic carbocycles. The number of hydrogen-bond acceptors (Lipinski definition) is 6. The lowest BCUT2D eigenvalue weighted by molar-refractivity contribution is -0.0867. The summed E-state index contributed by atoms with van der Waals surface area (Å²) in [4.78, 5) is 39.4. The van der Waals surface area contributed by atoms with Gasteiger partial charge in [0.1, 0.15) is 17.5 Å². The van der Waals surface area contributed by atoms with E-state index in [4.69, 9.17) is 9.47 Å². The van der Waals surface area contributed by atoms with Crippen molar-refractivity contribution in [1.29, 1.82) is 0 Å². The number of carbonyl (C=O) groups is 1. The Bertz CT molecular complexity index is 1350. The predicted molar refractivity (Wildman–Crippen MR) is 122 cm³/mol. The van der Waals surface area contributed by atoms with Gasteiger partial charge in [0.05, 0.1) is 17.7 Å². The number of carbonyl (C=O) groups excluding carboxylic acids is 1. The number of rotatable bonds is 4. The molecule has 2 heterocycles.